The number of amides is 1. The summed E-state index contributed by atoms with van der Waals surface area (Å²) in [5, 5.41) is 11.4. The number of methoxy groups -OCH3 is 1. The first-order chi connectivity index (χ1) is 16.3. The van der Waals surface area contributed by atoms with Gasteiger partial charge in [0.15, 0.2) is 0 Å². The van der Waals surface area contributed by atoms with Crippen LogP contribution >= 0.6 is 0 Å². The van der Waals surface area contributed by atoms with Gasteiger partial charge in [-0.1, -0.05) is 30.3 Å². The summed E-state index contributed by atoms with van der Waals surface area (Å²) in [6.07, 6.45) is 5.81. The monoisotopic (exact) mass is 462 g/mol. The molecule has 1 atom stereocenters. The molecule has 0 spiro atoms. The molecule has 4 rings (SSSR count). The number of carbonyl (C=O) groups is 3. The number of aromatic nitrogens is 3. The van der Waals surface area contributed by atoms with Crippen LogP contribution in [-0.2, 0) is 20.9 Å². The molecule has 1 amide bonds. The highest BCUT2D eigenvalue weighted by molar-refractivity contribution is 6.46. The Balaban J connectivity index is 1.78. The standard InChI is InChI=1S/C25H26N4O5/c1-15-18(16(2)27-20(15)25(33)34-3)22(30)19-21(17-8-5-4-6-9-17)29(24(32)23(19)31)12-7-11-28-13-10-26-14-28/h4-6,8-10,13-14,21,27,30H,7,11-12H2,1-3H3/b22-19+. The number of esters is 1. The summed E-state index contributed by atoms with van der Waals surface area (Å²) in [6.45, 7) is 4.29. The lowest BCUT2D eigenvalue weighted by molar-refractivity contribution is -0.139. The van der Waals surface area contributed by atoms with Gasteiger partial charge in [0, 0.05) is 36.7 Å². The number of aliphatic hydroxyl groups excluding tert-OH is 1. The lowest BCUT2D eigenvalue weighted by Gasteiger charge is -2.25. The first-order valence-corrected chi connectivity index (χ1v) is 10.9. The summed E-state index contributed by atoms with van der Waals surface area (Å²) in [5.74, 6) is -2.32. The van der Waals surface area contributed by atoms with Gasteiger partial charge in [-0.05, 0) is 31.4 Å². The number of ketones is 1. The van der Waals surface area contributed by atoms with Crippen molar-refractivity contribution >= 4 is 23.4 Å². The van der Waals surface area contributed by atoms with E-state index in [-0.39, 0.29) is 17.0 Å². The van der Waals surface area contributed by atoms with Crippen LogP contribution in [0, 0.1) is 13.8 Å². The number of imidazole rings is 1. The lowest BCUT2D eigenvalue weighted by Crippen LogP contribution is -2.31. The molecule has 1 fully saturated rings. The molecular weight excluding hydrogens is 436 g/mol. The topological polar surface area (TPSA) is 118 Å². The number of Topliss-reactive ketones (excluding diaryl/α,β-unsaturated/α-hetero) is 1. The second-order valence-corrected chi connectivity index (χ2v) is 8.17. The van der Waals surface area contributed by atoms with E-state index in [1.165, 1.54) is 12.0 Å². The van der Waals surface area contributed by atoms with Gasteiger partial charge >= 0.3 is 5.97 Å². The smallest absolute Gasteiger partial charge is 0.354 e. The van der Waals surface area contributed by atoms with E-state index in [1.54, 1.807) is 26.4 Å². The predicted molar refractivity (Wildman–Crippen MR) is 124 cm³/mol. The number of benzene rings is 1. The summed E-state index contributed by atoms with van der Waals surface area (Å²) >= 11 is 0. The fourth-order valence-electron chi connectivity index (χ4n) is 4.48. The summed E-state index contributed by atoms with van der Waals surface area (Å²) in [6, 6.07) is 8.39. The van der Waals surface area contributed by atoms with E-state index < -0.39 is 23.7 Å². The molecule has 0 aliphatic carbocycles. The van der Waals surface area contributed by atoms with Gasteiger partial charge in [-0.25, -0.2) is 9.78 Å². The van der Waals surface area contributed by atoms with E-state index in [2.05, 4.69) is 9.97 Å². The van der Waals surface area contributed by atoms with Crippen LogP contribution in [0.2, 0.25) is 0 Å². The molecule has 0 bridgehead atoms. The first kappa shape index (κ1) is 23.0. The molecule has 2 N–H and O–H groups in total. The van der Waals surface area contributed by atoms with Crippen molar-refractivity contribution in [2.24, 2.45) is 0 Å². The number of aryl methyl sites for hydroxylation is 2. The van der Waals surface area contributed by atoms with Crippen molar-refractivity contribution in [2.75, 3.05) is 13.7 Å². The Morgan fingerprint density at radius 1 is 1.18 bits per heavy atom. The zero-order valence-corrected chi connectivity index (χ0v) is 19.2. The molecule has 34 heavy (non-hydrogen) atoms. The maximum Gasteiger partial charge on any atom is 0.354 e. The van der Waals surface area contributed by atoms with E-state index in [1.807, 2.05) is 41.1 Å². The quantitative estimate of drug-likeness (QED) is 0.241. The second-order valence-electron chi connectivity index (χ2n) is 8.17. The maximum atomic E-state index is 13.2. The molecule has 176 valence electrons. The summed E-state index contributed by atoms with van der Waals surface area (Å²) in [7, 11) is 1.27. The third kappa shape index (κ3) is 4.00. The number of H-pyrrole nitrogens is 1. The maximum absolute atomic E-state index is 13.2. The zero-order chi connectivity index (χ0) is 24.4. The molecular formula is C25H26N4O5. The van der Waals surface area contributed by atoms with Crippen LogP contribution in [0.3, 0.4) is 0 Å². The number of aromatic amines is 1. The average molecular weight is 463 g/mol. The summed E-state index contributed by atoms with van der Waals surface area (Å²) < 4.78 is 6.71. The number of hydrogen-bond donors (Lipinski definition) is 2. The van der Waals surface area contributed by atoms with Crippen LogP contribution in [0.4, 0.5) is 0 Å². The van der Waals surface area contributed by atoms with Crippen molar-refractivity contribution in [2.45, 2.75) is 32.9 Å². The predicted octanol–water partition coefficient (Wildman–Crippen LogP) is 3.13. The highest BCUT2D eigenvalue weighted by Crippen LogP contribution is 2.40. The number of hydrogen-bond acceptors (Lipinski definition) is 6. The highest BCUT2D eigenvalue weighted by Gasteiger charge is 2.46. The molecule has 1 aromatic carbocycles. The molecule has 3 aromatic rings. The fourth-order valence-corrected chi connectivity index (χ4v) is 4.48. The van der Waals surface area contributed by atoms with Crippen molar-refractivity contribution in [1.29, 1.82) is 0 Å². The van der Waals surface area contributed by atoms with Crippen molar-refractivity contribution in [3.05, 3.63) is 82.7 Å². The van der Waals surface area contributed by atoms with Gasteiger partial charge < -0.3 is 24.3 Å². The van der Waals surface area contributed by atoms with Crippen LogP contribution in [0.25, 0.3) is 5.76 Å². The SMILES string of the molecule is COC(=O)c1[nH]c(C)c(/C(O)=C2\C(=O)C(=O)N(CCCn3ccnc3)C2c2ccccc2)c1C. The van der Waals surface area contributed by atoms with E-state index in [4.69, 9.17) is 4.74 Å². The molecule has 1 aliphatic heterocycles. The number of rotatable bonds is 7. The van der Waals surface area contributed by atoms with E-state index >= 15 is 0 Å². The summed E-state index contributed by atoms with van der Waals surface area (Å²) in [5.41, 5.74) is 2.16. The van der Waals surface area contributed by atoms with Crippen molar-refractivity contribution in [1.82, 2.24) is 19.4 Å². The van der Waals surface area contributed by atoms with Crippen LogP contribution in [0.15, 0.2) is 54.6 Å². The Kier molecular flexibility index (Phi) is 6.36. The van der Waals surface area contributed by atoms with Crippen molar-refractivity contribution in [3.8, 4) is 0 Å². The molecule has 0 radical (unpaired) electrons. The highest BCUT2D eigenvalue weighted by atomic mass is 16.5. The summed E-state index contributed by atoms with van der Waals surface area (Å²) in [4.78, 5) is 46.9. The van der Waals surface area contributed by atoms with Crippen molar-refractivity contribution in [3.63, 3.8) is 0 Å². The molecule has 9 heteroatoms. The Morgan fingerprint density at radius 3 is 2.56 bits per heavy atom. The molecule has 3 heterocycles. The number of carbonyl (C=O) groups excluding carboxylic acids is 3. The Labute approximate surface area is 196 Å². The van der Waals surface area contributed by atoms with Crippen LogP contribution < -0.4 is 0 Å². The Hall–Kier alpha value is -4.14. The minimum Gasteiger partial charge on any atom is -0.507 e. The van der Waals surface area contributed by atoms with Gasteiger partial charge in [0.05, 0.1) is 25.1 Å². The number of nitrogens with zero attached hydrogens (tertiary/aromatic N) is 3. The molecule has 1 saturated heterocycles. The Morgan fingerprint density at radius 2 is 1.91 bits per heavy atom. The lowest BCUT2D eigenvalue weighted by atomic mass is 9.94. The van der Waals surface area contributed by atoms with E-state index in [0.717, 1.165) is 0 Å². The molecule has 1 aliphatic rings. The molecule has 2 aromatic heterocycles. The largest absolute Gasteiger partial charge is 0.507 e. The minimum absolute atomic E-state index is 0.000414. The third-order valence-corrected chi connectivity index (χ3v) is 6.09. The number of aliphatic hydroxyl groups is 1. The molecule has 9 nitrogen and oxygen atoms in total. The van der Waals surface area contributed by atoms with Gasteiger partial charge in [-0.15, -0.1) is 0 Å². The van der Waals surface area contributed by atoms with Gasteiger partial charge in [-0.2, -0.15) is 0 Å². The second kappa shape index (κ2) is 9.38. The van der Waals surface area contributed by atoms with Gasteiger partial charge in [-0.3, -0.25) is 9.59 Å². The average Bonchev–Trinajstić information content (AvgIpc) is 3.52. The Bertz CT molecular complexity index is 1260. The zero-order valence-electron chi connectivity index (χ0n) is 19.2. The van der Waals surface area contributed by atoms with Crippen LogP contribution in [0.5, 0.6) is 0 Å². The number of likely N-dealkylation sites (tertiary alicyclic amines) is 1. The van der Waals surface area contributed by atoms with E-state index in [0.29, 0.717) is 41.9 Å². The molecule has 1 unspecified atom stereocenters. The van der Waals surface area contributed by atoms with Gasteiger partial charge in [0.1, 0.15) is 11.5 Å². The van der Waals surface area contributed by atoms with Crippen LogP contribution in [0.1, 0.15) is 45.3 Å². The number of ether oxygens (including phenoxy) is 1. The fraction of sp³-hybridized carbons (Fsp3) is 0.280. The molecule has 0 saturated carbocycles. The van der Waals surface area contributed by atoms with E-state index in [9.17, 15) is 19.5 Å². The minimum atomic E-state index is -0.756. The van der Waals surface area contributed by atoms with Gasteiger partial charge in [0.2, 0.25) is 0 Å². The van der Waals surface area contributed by atoms with Gasteiger partial charge in [0.25, 0.3) is 11.7 Å². The van der Waals surface area contributed by atoms with Crippen LogP contribution in [-0.4, -0.2) is 55.9 Å². The van der Waals surface area contributed by atoms with Crippen molar-refractivity contribution < 1.29 is 24.2 Å². The first-order valence-electron chi connectivity index (χ1n) is 10.9. The normalized spacial score (nSPS) is 17.4. The number of nitrogens with one attached hydrogen (secondary N) is 1. The third-order valence-electron chi connectivity index (χ3n) is 6.09.